The van der Waals surface area contributed by atoms with Crippen LogP contribution in [0.15, 0.2) is 29.3 Å². The van der Waals surface area contributed by atoms with E-state index in [-0.39, 0.29) is 12.0 Å². The number of piperazine rings is 1. The van der Waals surface area contributed by atoms with Crippen LogP contribution < -0.4 is 0 Å². The smallest absolute Gasteiger partial charge is 0.410 e. The molecular formula is C17H21N3O4. The Morgan fingerprint density at radius 1 is 1.12 bits per heavy atom. The molecule has 0 saturated carbocycles. The highest BCUT2D eigenvalue weighted by atomic mass is 16.6. The molecule has 0 aliphatic carbocycles. The Hall–Kier alpha value is -2.66. The highest BCUT2D eigenvalue weighted by Gasteiger charge is 2.28. The third-order valence-electron chi connectivity index (χ3n) is 3.49. The molecule has 24 heavy (non-hydrogen) atoms. The van der Waals surface area contributed by atoms with E-state index < -0.39 is 5.60 Å². The van der Waals surface area contributed by atoms with Crippen LogP contribution in [-0.4, -0.2) is 59.7 Å². The van der Waals surface area contributed by atoms with Crippen LogP contribution in [0.4, 0.5) is 10.5 Å². The number of ether oxygens (including phenoxy) is 1. The Labute approximate surface area is 140 Å². The van der Waals surface area contributed by atoms with E-state index in [0.717, 1.165) is 0 Å². The highest BCUT2D eigenvalue weighted by molar-refractivity contribution is 5.95. The number of hydrogen-bond acceptors (Lipinski definition) is 5. The number of isocyanates is 1. The lowest BCUT2D eigenvalue weighted by atomic mass is 10.1. The average Bonchev–Trinajstić information content (AvgIpc) is 2.53. The standard InChI is InChI=1S/C17H21N3O4/c1-17(2,3)24-16(23)20-9-7-19(8-10-20)15(22)13-5-4-6-14(11-13)18-12-21/h4-6,11H,7-10H2,1-3H3. The number of aliphatic imine (C=N–C) groups is 1. The summed E-state index contributed by atoms with van der Waals surface area (Å²) in [5.74, 6) is -0.151. The molecule has 0 radical (unpaired) electrons. The fourth-order valence-electron chi connectivity index (χ4n) is 2.36. The summed E-state index contributed by atoms with van der Waals surface area (Å²) in [5, 5.41) is 0. The van der Waals surface area contributed by atoms with Crippen LogP contribution in [-0.2, 0) is 9.53 Å². The van der Waals surface area contributed by atoms with Crippen molar-refractivity contribution in [2.45, 2.75) is 26.4 Å². The maximum atomic E-state index is 12.5. The maximum Gasteiger partial charge on any atom is 0.410 e. The summed E-state index contributed by atoms with van der Waals surface area (Å²) in [6.07, 6.45) is 1.09. The predicted octanol–water partition coefficient (Wildman–Crippen LogP) is 2.35. The minimum Gasteiger partial charge on any atom is -0.444 e. The zero-order valence-electron chi connectivity index (χ0n) is 14.1. The third kappa shape index (κ3) is 4.67. The zero-order valence-corrected chi connectivity index (χ0v) is 14.1. The van der Waals surface area contributed by atoms with Gasteiger partial charge in [0.1, 0.15) is 5.60 Å². The van der Waals surface area contributed by atoms with Crippen LogP contribution in [0.3, 0.4) is 0 Å². The van der Waals surface area contributed by atoms with Crippen LogP contribution in [0.25, 0.3) is 0 Å². The van der Waals surface area contributed by atoms with E-state index in [9.17, 15) is 14.4 Å². The number of rotatable bonds is 2. The van der Waals surface area contributed by atoms with E-state index in [2.05, 4.69) is 4.99 Å². The number of nitrogens with zero attached hydrogens (tertiary/aromatic N) is 3. The molecule has 2 rings (SSSR count). The summed E-state index contributed by atoms with van der Waals surface area (Å²) >= 11 is 0. The van der Waals surface area contributed by atoms with Crippen molar-refractivity contribution in [1.82, 2.24) is 9.80 Å². The summed E-state index contributed by atoms with van der Waals surface area (Å²) < 4.78 is 5.33. The number of carbonyl (C=O) groups is 2. The van der Waals surface area contributed by atoms with Gasteiger partial charge >= 0.3 is 6.09 Å². The topological polar surface area (TPSA) is 79.3 Å². The molecule has 0 N–H and O–H groups in total. The SMILES string of the molecule is CC(C)(C)OC(=O)N1CCN(C(=O)c2cccc(N=C=O)c2)CC1. The van der Waals surface area contributed by atoms with Crippen molar-refractivity contribution in [3.8, 4) is 0 Å². The minimum atomic E-state index is -0.538. The van der Waals surface area contributed by atoms with E-state index >= 15 is 0 Å². The van der Waals surface area contributed by atoms with Crippen LogP contribution in [0, 0.1) is 0 Å². The lowest BCUT2D eigenvalue weighted by Gasteiger charge is -2.35. The average molecular weight is 331 g/mol. The Morgan fingerprint density at radius 3 is 2.33 bits per heavy atom. The van der Waals surface area contributed by atoms with E-state index in [1.807, 2.05) is 20.8 Å². The van der Waals surface area contributed by atoms with Crippen LogP contribution >= 0.6 is 0 Å². The molecule has 0 spiro atoms. The molecule has 0 unspecified atom stereocenters. The maximum absolute atomic E-state index is 12.5. The van der Waals surface area contributed by atoms with Gasteiger partial charge in [-0.3, -0.25) is 4.79 Å². The van der Waals surface area contributed by atoms with Crippen molar-refractivity contribution >= 4 is 23.8 Å². The molecule has 0 aromatic heterocycles. The first-order valence-corrected chi connectivity index (χ1v) is 7.75. The normalized spacial score (nSPS) is 14.8. The summed E-state index contributed by atoms with van der Waals surface area (Å²) in [5.41, 5.74) is 0.310. The van der Waals surface area contributed by atoms with Crippen molar-refractivity contribution in [2.75, 3.05) is 26.2 Å². The van der Waals surface area contributed by atoms with E-state index in [1.165, 1.54) is 6.08 Å². The fraction of sp³-hybridized carbons (Fsp3) is 0.471. The van der Waals surface area contributed by atoms with Gasteiger partial charge in [0.15, 0.2) is 0 Å². The third-order valence-corrected chi connectivity index (χ3v) is 3.49. The molecule has 7 heteroatoms. The van der Waals surface area contributed by atoms with Crippen molar-refractivity contribution in [2.24, 2.45) is 4.99 Å². The first-order valence-electron chi connectivity index (χ1n) is 7.75. The number of hydrogen-bond donors (Lipinski definition) is 0. The monoisotopic (exact) mass is 331 g/mol. The molecule has 0 bridgehead atoms. The van der Waals surface area contributed by atoms with Gasteiger partial charge in [-0.1, -0.05) is 6.07 Å². The molecule has 128 valence electrons. The molecule has 2 amide bonds. The molecule has 1 saturated heterocycles. The molecule has 1 aliphatic heterocycles. The Morgan fingerprint density at radius 2 is 1.75 bits per heavy atom. The Balaban J connectivity index is 1.97. The molecule has 0 atom stereocenters. The second-order valence-corrected chi connectivity index (χ2v) is 6.51. The number of benzene rings is 1. The van der Waals surface area contributed by atoms with E-state index in [1.54, 1.807) is 34.1 Å². The second-order valence-electron chi connectivity index (χ2n) is 6.51. The Bertz CT molecular complexity index is 667. The van der Waals surface area contributed by atoms with Crippen LogP contribution in [0.1, 0.15) is 31.1 Å². The van der Waals surface area contributed by atoms with Gasteiger partial charge in [-0.15, -0.1) is 0 Å². The van der Waals surface area contributed by atoms with Crippen molar-refractivity contribution < 1.29 is 19.1 Å². The quantitative estimate of drug-likeness (QED) is 0.615. The Kier molecular flexibility index (Phi) is 5.36. The second kappa shape index (κ2) is 7.27. The van der Waals surface area contributed by atoms with Crippen LogP contribution in [0.5, 0.6) is 0 Å². The highest BCUT2D eigenvalue weighted by Crippen LogP contribution is 2.17. The van der Waals surface area contributed by atoms with Gasteiger partial charge in [0.2, 0.25) is 6.08 Å². The first-order chi connectivity index (χ1) is 11.3. The molecule has 1 aromatic carbocycles. The van der Waals surface area contributed by atoms with Gasteiger partial charge < -0.3 is 14.5 Å². The molecule has 1 aromatic rings. The van der Waals surface area contributed by atoms with Gasteiger partial charge in [0.05, 0.1) is 5.69 Å². The van der Waals surface area contributed by atoms with Gasteiger partial charge in [-0.2, -0.15) is 4.99 Å². The largest absolute Gasteiger partial charge is 0.444 e. The lowest BCUT2D eigenvalue weighted by Crippen LogP contribution is -2.51. The molecular weight excluding hydrogens is 310 g/mol. The van der Waals surface area contributed by atoms with Gasteiger partial charge in [-0.05, 0) is 39.0 Å². The summed E-state index contributed by atoms with van der Waals surface area (Å²) in [6.45, 7) is 7.16. The minimum absolute atomic E-state index is 0.151. The number of carbonyl (C=O) groups excluding carboxylic acids is 3. The first kappa shape index (κ1) is 17.7. The molecule has 1 heterocycles. The van der Waals surface area contributed by atoms with Crippen molar-refractivity contribution in [1.29, 1.82) is 0 Å². The summed E-state index contributed by atoms with van der Waals surface area (Å²) in [6, 6.07) is 6.52. The van der Waals surface area contributed by atoms with Crippen molar-refractivity contribution in [3.05, 3.63) is 29.8 Å². The van der Waals surface area contributed by atoms with E-state index in [4.69, 9.17) is 4.74 Å². The number of amides is 2. The van der Waals surface area contributed by atoms with Crippen molar-refractivity contribution in [3.63, 3.8) is 0 Å². The summed E-state index contributed by atoms with van der Waals surface area (Å²) in [4.78, 5) is 41.6. The zero-order chi connectivity index (χ0) is 17.7. The van der Waals surface area contributed by atoms with Gasteiger partial charge in [0.25, 0.3) is 5.91 Å². The molecule has 7 nitrogen and oxygen atoms in total. The lowest BCUT2D eigenvalue weighted by molar-refractivity contribution is 0.0141. The summed E-state index contributed by atoms with van der Waals surface area (Å²) in [7, 11) is 0. The fourth-order valence-corrected chi connectivity index (χ4v) is 2.36. The van der Waals surface area contributed by atoms with Crippen LogP contribution in [0.2, 0.25) is 0 Å². The van der Waals surface area contributed by atoms with Gasteiger partial charge in [0, 0.05) is 31.7 Å². The van der Waals surface area contributed by atoms with Gasteiger partial charge in [-0.25, -0.2) is 9.59 Å². The molecule has 1 aliphatic rings. The molecule has 1 fully saturated rings. The van der Waals surface area contributed by atoms with E-state index in [0.29, 0.717) is 37.4 Å². The predicted molar refractivity (Wildman–Crippen MR) is 87.9 cm³/mol.